The van der Waals surface area contributed by atoms with E-state index in [-0.39, 0.29) is 11.1 Å². The quantitative estimate of drug-likeness (QED) is 0.459. The van der Waals surface area contributed by atoms with Gasteiger partial charge in [0, 0.05) is 18.3 Å². The lowest BCUT2D eigenvalue weighted by Gasteiger charge is -2.13. The van der Waals surface area contributed by atoms with E-state index >= 15 is 0 Å². The van der Waals surface area contributed by atoms with Crippen LogP contribution in [0.4, 0.5) is 5.69 Å². The van der Waals surface area contributed by atoms with E-state index in [0.717, 1.165) is 17.1 Å². The van der Waals surface area contributed by atoms with E-state index < -0.39 is 5.25 Å². The van der Waals surface area contributed by atoms with Crippen molar-refractivity contribution in [1.82, 2.24) is 19.7 Å². The lowest BCUT2D eigenvalue weighted by atomic mass is 10.2. The Morgan fingerprint density at radius 3 is 2.68 bits per heavy atom. The number of carbonyl (C=O) groups excluding carboxylic acids is 1. The molecule has 2 aromatic heterocycles. The number of amides is 1. The Labute approximate surface area is 172 Å². The van der Waals surface area contributed by atoms with Crippen LogP contribution in [0, 0.1) is 0 Å². The van der Waals surface area contributed by atoms with Gasteiger partial charge in [0.05, 0.1) is 18.0 Å². The van der Waals surface area contributed by atoms with Crippen LogP contribution in [0.3, 0.4) is 0 Å². The molecule has 3 rings (SSSR count). The number of nitrogens with one attached hydrogen (secondary N) is 1. The second-order valence-electron chi connectivity index (χ2n) is 5.87. The first kappa shape index (κ1) is 20.2. The van der Waals surface area contributed by atoms with Crippen LogP contribution in [-0.2, 0) is 11.3 Å². The number of rotatable bonds is 7. The minimum Gasteiger partial charge on any atom is -0.497 e. The minimum atomic E-state index is -0.394. The van der Waals surface area contributed by atoms with Crippen LogP contribution in [-0.4, -0.2) is 38.0 Å². The lowest BCUT2D eigenvalue weighted by molar-refractivity contribution is -0.115. The van der Waals surface area contributed by atoms with Crippen molar-refractivity contribution in [3.63, 3.8) is 0 Å². The summed E-state index contributed by atoms with van der Waals surface area (Å²) in [5.74, 6) is 1.34. The molecule has 0 saturated heterocycles. The molecule has 0 spiro atoms. The SMILES string of the molecule is CCn1c(S[C@H](C)C(=O)Nc2cccnc2Cl)nnc1-c1ccc(OC)cc1. The molecule has 0 saturated carbocycles. The van der Waals surface area contributed by atoms with Crippen LogP contribution in [0.2, 0.25) is 5.15 Å². The molecule has 1 atom stereocenters. The molecular formula is C19H20ClN5O2S. The van der Waals surface area contributed by atoms with Crippen molar-refractivity contribution in [2.24, 2.45) is 0 Å². The summed E-state index contributed by atoms with van der Waals surface area (Å²) in [7, 11) is 1.63. The smallest absolute Gasteiger partial charge is 0.237 e. The molecule has 2 heterocycles. The maximum absolute atomic E-state index is 12.5. The molecule has 0 aliphatic rings. The molecule has 1 amide bonds. The molecule has 1 N–H and O–H groups in total. The summed E-state index contributed by atoms with van der Waals surface area (Å²) >= 11 is 7.35. The molecule has 3 aromatic rings. The second-order valence-corrected chi connectivity index (χ2v) is 7.54. The van der Waals surface area contributed by atoms with Crippen LogP contribution < -0.4 is 10.1 Å². The number of halogens is 1. The molecule has 7 nitrogen and oxygen atoms in total. The van der Waals surface area contributed by atoms with Crippen LogP contribution in [0.25, 0.3) is 11.4 Å². The van der Waals surface area contributed by atoms with E-state index in [1.807, 2.05) is 42.7 Å². The summed E-state index contributed by atoms with van der Waals surface area (Å²) in [6.45, 7) is 4.51. The summed E-state index contributed by atoms with van der Waals surface area (Å²) in [5, 5.41) is 11.9. The number of ether oxygens (including phenoxy) is 1. The van der Waals surface area contributed by atoms with Crippen molar-refractivity contribution in [2.45, 2.75) is 30.8 Å². The molecular weight excluding hydrogens is 398 g/mol. The summed E-state index contributed by atoms with van der Waals surface area (Å²) in [6, 6.07) is 11.1. The second kappa shape index (κ2) is 9.07. The summed E-state index contributed by atoms with van der Waals surface area (Å²) in [6.07, 6.45) is 1.57. The van der Waals surface area contributed by atoms with Crippen molar-refractivity contribution < 1.29 is 9.53 Å². The molecule has 28 heavy (non-hydrogen) atoms. The van der Waals surface area contributed by atoms with Gasteiger partial charge in [-0.2, -0.15) is 0 Å². The zero-order valence-electron chi connectivity index (χ0n) is 15.7. The first-order chi connectivity index (χ1) is 13.5. The molecule has 0 aliphatic heterocycles. The Morgan fingerprint density at radius 1 is 1.29 bits per heavy atom. The molecule has 0 unspecified atom stereocenters. The highest BCUT2D eigenvalue weighted by molar-refractivity contribution is 8.00. The van der Waals surface area contributed by atoms with E-state index in [0.29, 0.717) is 17.4 Å². The molecule has 0 aliphatic carbocycles. The average molecular weight is 418 g/mol. The van der Waals surface area contributed by atoms with Gasteiger partial charge in [0.15, 0.2) is 16.1 Å². The van der Waals surface area contributed by atoms with Crippen molar-refractivity contribution >= 4 is 35.0 Å². The van der Waals surface area contributed by atoms with Crippen molar-refractivity contribution in [3.05, 3.63) is 47.7 Å². The van der Waals surface area contributed by atoms with Gasteiger partial charge < -0.3 is 14.6 Å². The van der Waals surface area contributed by atoms with Crippen molar-refractivity contribution in [3.8, 4) is 17.1 Å². The maximum atomic E-state index is 12.5. The fourth-order valence-electron chi connectivity index (χ4n) is 2.54. The number of hydrogen-bond acceptors (Lipinski definition) is 6. The predicted octanol–water partition coefficient (Wildman–Crippen LogP) is 4.14. The Balaban J connectivity index is 1.75. The number of anilines is 1. The third-order valence-electron chi connectivity index (χ3n) is 4.05. The Hall–Kier alpha value is -2.58. The predicted molar refractivity (Wildman–Crippen MR) is 111 cm³/mol. The van der Waals surface area contributed by atoms with Gasteiger partial charge in [0.2, 0.25) is 5.91 Å². The van der Waals surface area contributed by atoms with E-state index in [9.17, 15) is 4.79 Å². The number of methoxy groups -OCH3 is 1. The Morgan fingerprint density at radius 2 is 2.04 bits per heavy atom. The highest BCUT2D eigenvalue weighted by Crippen LogP contribution is 2.28. The van der Waals surface area contributed by atoms with E-state index in [1.54, 1.807) is 25.4 Å². The van der Waals surface area contributed by atoms with Crippen molar-refractivity contribution in [1.29, 1.82) is 0 Å². The highest BCUT2D eigenvalue weighted by Gasteiger charge is 2.21. The molecule has 9 heteroatoms. The number of thioether (sulfide) groups is 1. The molecule has 146 valence electrons. The minimum absolute atomic E-state index is 0.184. The van der Waals surface area contributed by atoms with E-state index in [4.69, 9.17) is 16.3 Å². The molecule has 0 fully saturated rings. The first-order valence-corrected chi connectivity index (χ1v) is 9.95. The topological polar surface area (TPSA) is 81.9 Å². The molecule has 0 bridgehead atoms. The number of pyridine rings is 1. The van der Waals surface area contributed by atoms with Gasteiger partial charge in [0.25, 0.3) is 0 Å². The van der Waals surface area contributed by atoms with E-state index in [2.05, 4.69) is 20.5 Å². The van der Waals surface area contributed by atoms with Gasteiger partial charge in [-0.3, -0.25) is 4.79 Å². The lowest BCUT2D eigenvalue weighted by Crippen LogP contribution is -2.23. The number of carbonyl (C=O) groups is 1. The van der Waals surface area contributed by atoms with Gasteiger partial charge in [-0.1, -0.05) is 23.4 Å². The largest absolute Gasteiger partial charge is 0.497 e. The third kappa shape index (κ3) is 4.45. The third-order valence-corrected chi connectivity index (χ3v) is 5.43. The van der Waals surface area contributed by atoms with Gasteiger partial charge in [-0.05, 0) is 50.2 Å². The average Bonchev–Trinajstić information content (AvgIpc) is 3.12. The number of nitrogens with zero attached hydrogens (tertiary/aromatic N) is 4. The Kier molecular flexibility index (Phi) is 6.53. The molecule has 0 radical (unpaired) electrons. The normalized spacial score (nSPS) is 11.9. The zero-order chi connectivity index (χ0) is 20.1. The van der Waals surface area contributed by atoms with Crippen LogP contribution >= 0.6 is 23.4 Å². The monoisotopic (exact) mass is 417 g/mol. The zero-order valence-corrected chi connectivity index (χ0v) is 17.3. The number of benzene rings is 1. The fraction of sp³-hybridized carbons (Fsp3) is 0.263. The summed E-state index contributed by atoms with van der Waals surface area (Å²) in [5.41, 5.74) is 1.42. The van der Waals surface area contributed by atoms with Gasteiger partial charge in [0.1, 0.15) is 5.75 Å². The van der Waals surface area contributed by atoms with Crippen molar-refractivity contribution in [2.75, 3.05) is 12.4 Å². The van der Waals surface area contributed by atoms with Crippen LogP contribution in [0.15, 0.2) is 47.8 Å². The standard InChI is InChI=1S/C19H20ClN5O2S/c1-4-25-17(13-7-9-14(27-3)10-8-13)23-24-19(25)28-12(2)18(26)22-15-6-5-11-21-16(15)20/h5-12H,4H2,1-3H3,(H,22,26)/t12-/m1/s1. The Bertz CT molecular complexity index is 961. The van der Waals surface area contributed by atoms with Crippen LogP contribution in [0.5, 0.6) is 5.75 Å². The van der Waals surface area contributed by atoms with E-state index in [1.165, 1.54) is 11.8 Å². The number of aromatic nitrogens is 4. The van der Waals surface area contributed by atoms with Gasteiger partial charge in [-0.15, -0.1) is 10.2 Å². The number of hydrogen-bond donors (Lipinski definition) is 1. The van der Waals surface area contributed by atoms with Gasteiger partial charge in [-0.25, -0.2) is 4.98 Å². The summed E-state index contributed by atoms with van der Waals surface area (Å²) in [4.78, 5) is 16.5. The summed E-state index contributed by atoms with van der Waals surface area (Å²) < 4.78 is 7.18. The fourth-order valence-corrected chi connectivity index (χ4v) is 3.62. The van der Waals surface area contributed by atoms with Gasteiger partial charge >= 0.3 is 0 Å². The highest BCUT2D eigenvalue weighted by atomic mass is 35.5. The first-order valence-electron chi connectivity index (χ1n) is 8.69. The van der Waals surface area contributed by atoms with Crippen LogP contribution in [0.1, 0.15) is 13.8 Å². The maximum Gasteiger partial charge on any atom is 0.237 e. The molecule has 1 aromatic carbocycles.